The largest absolute Gasteiger partial charge is 0.479 e. The summed E-state index contributed by atoms with van der Waals surface area (Å²) >= 11 is 0. The number of aryl methyl sites for hydroxylation is 1. The lowest BCUT2D eigenvalue weighted by molar-refractivity contribution is -0.157. The van der Waals surface area contributed by atoms with Gasteiger partial charge in [0.1, 0.15) is 5.75 Å². The van der Waals surface area contributed by atoms with Crippen LogP contribution in [0.3, 0.4) is 0 Å². The molecule has 1 amide bonds. The lowest BCUT2D eigenvalue weighted by Crippen LogP contribution is -2.34. The molecule has 150 valence electrons. The van der Waals surface area contributed by atoms with Crippen LogP contribution in [0.25, 0.3) is 0 Å². The first-order chi connectivity index (χ1) is 13.3. The summed E-state index contributed by atoms with van der Waals surface area (Å²) in [5, 5.41) is 0. The monoisotopic (exact) mass is 384 g/mol. The second-order valence-electron chi connectivity index (χ2n) is 6.99. The Kier molecular flexibility index (Phi) is 7.44. The van der Waals surface area contributed by atoms with Gasteiger partial charge < -0.3 is 19.3 Å². The van der Waals surface area contributed by atoms with E-state index in [4.69, 9.17) is 9.47 Å². The minimum Gasteiger partial charge on any atom is -0.479 e. The van der Waals surface area contributed by atoms with E-state index in [-0.39, 0.29) is 12.5 Å². The molecule has 0 saturated heterocycles. The second kappa shape index (κ2) is 9.78. The molecule has 0 aliphatic rings. The third-order valence-corrected chi connectivity index (χ3v) is 4.27. The summed E-state index contributed by atoms with van der Waals surface area (Å²) < 4.78 is 10.7. The maximum atomic E-state index is 12.3. The Morgan fingerprint density at radius 2 is 1.71 bits per heavy atom. The van der Waals surface area contributed by atoms with Crippen molar-refractivity contribution >= 4 is 17.6 Å². The lowest BCUT2D eigenvalue weighted by atomic mass is 10.2. The third-order valence-electron chi connectivity index (χ3n) is 4.27. The molecule has 0 N–H and O–H groups in total. The molecule has 2 aromatic rings. The van der Waals surface area contributed by atoms with Gasteiger partial charge in [0.05, 0.1) is 0 Å². The van der Waals surface area contributed by atoms with Gasteiger partial charge in [-0.15, -0.1) is 0 Å². The number of anilines is 1. The number of rotatable bonds is 8. The molecule has 0 saturated carbocycles. The van der Waals surface area contributed by atoms with Gasteiger partial charge in [-0.05, 0) is 49.2 Å². The zero-order chi connectivity index (χ0) is 20.7. The molecule has 2 rings (SSSR count). The average molecular weight is 384 g/mol. The SMILES string of the molecule is Cc1cccc(O[C@@H](C)C(=O)OCC(=O)N(C)Cc2ccc(N(C)C)cc2)c1. The molecule has 0 aliphatic carbocycles. The molecule has 0 heterocycles. The molecule has 0 aromatic heterocycles. The fourth-order valence-corrected chi connectivity index (χ4v) is 2.56. The fourth-order valence-electron chi connectivity index (χ4n) is 2.56. The molecule has 28 heavy (non-hydrogen) atoms. The van der Waals surface area contributed by atoms with E-state index >= 15 is 0 Å². The van der Waals surface area contributed by atoms with Crippen LogP contribution in [0, 0.1) is 6.92 Å². The van der Waals surface area contributed by atoms with Crippen LogP contribution in [-0.4, -0.2) is 50.6 Å². The number of carbonyl (C=O) groups excluding carboxylic acids is 2. The van der Waals surface area contributed by atoms with Crippen LogP contribution >= 0.6 is 0 Å². The van der Waals surface area contributed by atoms with Crippen molar-refractivity contribution in [3.8, 4) is 5.75 Å². The minimum absolute atomic E-state index is 0.271. The number of hydrogen-bond acceptors (Lipinski definition) is 5. The van der Waals surface area contributed by atoms with E-state index in [1.54, 1.807) is 20.0 Å². The summed E-state index contributed by atoms with van der Waals surface area (Å²) in [6, 6.07) is 15.4. The number of esters is 1. The average Bonchev–Trinajstić information content (AvgIpc) is 2.66. The van der Waals surface area contributed by atoms with Gasteiger partial charge in [0.25, 0.3) is 5.91 Å². The van der Waals surface area contributed by atoms with Gasteiger partial charge in [-0.2, -0.15) is 0 Å². The van der Waals surface area contributed by atoms with E-state index < -0.39 is 12.1 Å². The van der Waals surface area contributed by atoms with E-state index in [0.717, 1.165) is 16.8 Å². The summed E-state index contributed by atoms with van der Waals surface area (Å²) in [6.45, 7) is 3.68. The van der Waals surface area contributed by atoms with Crippen molar-refractivity contribution in [3.05, 3.63) is 59.7 Å². The van der Waals surface area contributed by atoms with Crippen molar-refractivity contribution in [1.29, 1.82) is 0 Å². The number of hydrogen-bond donors (Lipinski definition) is 0. The summed E-state index contributed by atoms with van der Waals surface area (Å²) in [5.41, 5.74) is 3.13. The van der Waals surface area contributed by atoms with Crippen LogP contribution in [0.2, 0.25) is 0 Å². The summed E-state index contributed by atoms with van der Waals surface area (Å²) in [7, 11) is 5.63. The van der Waals surface area contributed by atoms with Gasteiger partial charge in [0.2, 0.25) is 0 Å². The van der Waals surface area contributed by atoms with Crippen LogP contribution in [0.15, 0.2) is 48.5 Å². The lowest BCUT2D eigenvalue weighted by Gasteiger charge is -2.19. The van der Waals surface area contributed by atoms with Crippen molar-refractivity contribution in [2.45, 2.75) is 26.5 Å². The van der Waals surface area contributed by atoms with E-state index in [9.17, 15) is 9.59 Å². The van der Waals surface area contributed by atoms with Crippen LogP contribution in [-0.2, 0) is 20.9 Å². The van der Waals surface area contributed by atoms with Crippen LogP contribution in [0.4, 0.5) is 5.69 Å². The first-order valence-corrected chi connectivity index (χ1v) is 9.16. The minimum atomic E-state index is -0.793. The maximum absolute atomic E-state index is 12.3. The molecule has 0 radical (unpaired) electrons. The van der Waals surface area contributed by atoms with Gasteiger partial charge in [-0.25, -0.2) is 4.79 Å². The Labute approximate surface area is 166 Å². The molecule has 0 fully saturated rings. The van der Waals surface area contributed by atoms with E-state index in [1.165, 1.54) is 4.90 Å². The smallest absolute Gasteiger partial charge is 0.347 e. The number of carbonyl (C=O) groups is 2. The molecule has 6 heteroatoms. The van der Waals surface area contributed by atoms with E-state index in [1.807, 2.05) is 68.4 Å². The number of ether oxygens (including phenoxy) is 2. The number of benzene rings is 2. The number of amides is 1. The van der Waals surface area contributed by atoms with Gasteiger partial charge in [0.15, 0.2) is 12.7 Å². The zero-order valence-electron chi connectivity index (χ0n) is 17.1. The molecule has 0 bridgehead atoms. The van der Waals surface area contributed by atoms with Gasteiger partial charge >= 0.3 is 5.97 Å². The van der Waals surface area contributed by atoms with Gasteiger partial charge in [-0.3, -0.25) is 4.79 Å². The van der Waals surface area contributed by atoms with Gasteiger partial charge in [0, 0.05) is 33.4 Å². The predicted molar refractivity (Wildman–Crippen MR) is 109 cm³/mol. The Bertz CT molecular complexity index is 802. The summed E-state index contributed by atoms with van der Waals surface area (Å²) in [6.07, 6.45) is -0.793. The highest BCUT2D eigenvalue weighted by Crippen LogP contribution is 2.15. The third kappa shape index (κ3) is 6.30. The van der Waals surface area contributed by atoms with E-state index in [2.05, 4.69) is 0 Å². The zero-order valence-corrected chi connectivity index (χ0v) is 17.1. The maximum Gasteiger partial charge on any atom is 0.347 e. The van der Waals surface area contributed by atoms with Crippen molar-refractivity contribution in [3.63, 3.8) is 0 Å². The molecular weight excluding hydrogens is 356 g/mol. The van der Waals surface area contributed by atoms with Crippen molar-refractivity contribution in [2.24, 2.45) is 0 Å². The molecule has 2 aromatic carbocycles. The molecule has 0 aliphatic heterocycles. The van der Waals surface area contributed by atoms with Crippen molar-refractivity contribution in [2.75, 3.05) is 32.6 Å². The predicted octanol–water partition coefficient (Wildman–Crippen LogP) is 3.03. The van der Waals surface area contributed by atoms with Crippen molar-refractivity contribution < 1.29 is 19.1 Å². The Hall–Kier alpha value is -3.02. The molecule has 1 atom stereocenters. The Balaban J connectivity index is 1.80. The summed E-state index contributed by atoms with van der Waals surface area (Å²) in [5.74, 6) is -0.250. The number of likely N-dealkylation sites (N-methyl/N-ethyl adjacent to an activating group) is 1. The van der Waals surface area contributed by atoms with E-state index in [0.29, 0.717) is 12.3 Å². The molecular formula is C22H28N2O4. The molecule has 0 spiro atoms. The molecule has 0 unspecified atom stereocenters. The highest BCUT2D eigenvalue weighted by Gasteiger charge is 2.19. The fraction of sp³-hybridized carbons (Fsp3) is 0.364. The first-order valence-electron chi connectivity index (χ1n) is 9.16. The highest BCUT2D eigenvalue weighted by molar-refractivity contribution is 5.82. The normalized spacial score (nSPS) is 11.5. The number of nitrogens with zero attached hydrogens (tertiary/aromatic N) is 2. The topological polar surface area (TPSA) is 59.1 Å². The highest BCUT2D eigenvalue weighted by atomic mass is 16.6. The van der Waals surface area contributed by atoms with Crippen LogP contribution in [0.5, 0.6) is 5.75 Å². The van der Waals surface area contributed by atoms with Crippen molar-refractivity contribution in [1.82, 2.24) is 4.90 Å². The second-order valence-corrected chi connectivity index (χ2v) is 6.99. The van der Waals surface area contributed by atoms with Gasteiger partial charge in [-0.1, -0.05) is 24.3 Å². The molecule has 6 nitrogen and oxygen atoms in total. The standard InChI is InChI=1S/C22H28N2O4/c1-16-7-6-8-20(13-16)28-17(2)22(26)27-15-21(25)24(5)14-18-9-11-19(12-10-18)23(3)4/h6-13,17H,14-15H2,1-5H3/t17-/m0/s1. The first kappa shape index (κ1) is 21.3. The Morgan fingerprint density at radius 1 is 1.04 bits per heavy atom. The van der Waals surface area contributed by atoms with Crippen LogP contribution in [0.1, 0.15) is 18.1 Å². The quantitative estimate of drug-likeness (QED) is 0.655. The summed E-state index contributed by atoms with van der Waals surface area (Å²) in [4.78, 5) is 27.9. The van der Waals surface area contributed by atoms with Crippen LogP contribution < -0.4 is 9.64 Å². The Morgan fingerprint density at radius 3 is 2.32 bits per heavy atom.